The Morgan fingerprint density at radius 3 is 2.70 bits per heavy atom. The molecule has 1 rings (SSSR count). The average Bonchev–Trinajstić information content (AvgIpc) is 2.77. The molecule has 20 heavy (non-hydrogen) atoms. The number of nitrogens with zero attached hydrogens (tertiary/aromatic N) is 3. The van der Waals surface area contributed by atoms with Crippen molar-refractivity contribution in [3.63, 3.8) is 0 Å². The third kappa shape index (κ3) is 5.32. The summed E-state index contributed by atoms with van der Waals surface area (Å²) in [6, 6.07) is 0. The number of hydrogen-bond donors (Lipinski definition) is 3. The number of hydrogen-bond acceptors (Lipinski definition) is 6. The number of sulfonamides is 1. The van der Waals surface area contributed by atoms with Crippen molar-refractivity contribution in [3.8, 4) is 0 Å². The highest BCUT2D eigenvalue weighted by molar-refractivity contribution is 7.89. The highest BCUT2D eigenvalue weighted by Crippen LogP contribution is 1.92. The van der Waals surface area contributed by atoms with Gasteiger partial charge in [0.25, 0.3) is 0 Å². The molecule has 112 valence electrons. The molecule has 10 nitrogen and oxygen atoms in total. The first-order valence-corrected chi connectivity index (χ1v) is 7.36. The molecule has 0 atom stereocenters. The van der Waals surface area contributed by atoms with Crippen molar-refractivity contribution < 1.29 is 23.1 Å². The van der Waals surface area contributed by atoms with Gasteiger partial charge in [-0.3, -0.25) is 4.79 Å². The molecule has 0 aliphatic heterocycles. The van der Waals surface area contributed by atoms with Crippen molar-refractivity contribution in [2.45, 2.75) is 13.5 Å². The second-order valence-electron chi connectivity index (χ2n) is 3.77. The monoisotopic (exact) mass is 305 g/mol. The number of nitrogens with one attached hydrogen (secondary N) is 2. The molecule has 1 heterocycles. The fourth-order valence-corrected chi connectivity index (χ4v) is 2.25. The molecule has 0 radical (unpaired) electrons. The van der Waals surface area contributed by atoms with Gasteiger partial charge in [-0.25, -0.2) is 22.6 Å². The minimum atomic E-state index is -3.38. The highest BCUT2D eigenvalue weighted by Gasteiger charge is 2.12. The van der Waals surface area contributed by atoms with Gasteiger partial charge in [-0.1, -0.05) is 12.1 Å². The lowest BCUT2D eigenvalue weighted by atomic mass is 10.5. The molecule has 0 aromatic carbocycles. The molecule has 0 aliphatic rings. The predicted molar refractivity (Wildman–Crippen MR) is 67.5 cm³/mol. The van der Waals surface area contributed by atoms with Crippen LogP contribution in [-0.2, 0) is 21.4 Å². The minimum Gasteiger partial charge on any atom is -0.476 e. The van der Waals surface area contributed by atoms with Gasteiger partial charge in [-0.15, -0.1) is 5.10 Å². The van der Waals surface area contributed by atoms with Gasteiger partial charge in [-0.05, 0) is 0 Å². The van der Waals surface area contributed by atoms with Crippen LogP contribution in [0.5, 0.6) is 0 Å². The van der Waals surface area contributed by atoms with E-state index in [-0.39, 0.29) is 31.1 Å². The second-order valence-corrected chi connectivity index (χ2v) is 5.70. The first-order valence-electron chi connectivity index (χ1n) is 5.71. The summed E-state index contributed by atoms with van der Waals surface area (Å²) in [5.41, 5.74) is -0.271. The molecular weight excluding hydrogens is 290 g/mol. The lowest BCUT2D eigenvalue weighted by molar-refractivity contribution is -0.121. The molecule has 0 unspecified atom stereocenters. The van der Waals surface area contributed by atoms with E-state index < -0.39 is 21.9 Å². The quantitative estimate of drug-likeness (QED) is 0.505. The Morgan fingerprint density at radius 1 is 1.45 bits per heavy atom. The molecular formula is C9H15N5O5S. The van der Waals surface area contributed by atoms with E-state index in [9.17, 15) is 18.0 Å². The second kappa shape index (κ2) is 6.96. The predicted octanol–water partition coefficient (Wildman–Crippen LogP) is -1.97. The van der Waals surface area contributed by atoms with E-state index in [4.69, 9.17) is 5.11 Å². The van der Waals surface area contributed by atoms with Gasteiger partial charge in [0.15, 0.2) is 5.69 Å². The van der Waals surface area contributed by atoms with Crippen LogP contribution in [-0.4, -0.2) is 59.2 Å². The Hall–Kier alpha value is -2.01. The first kappa shape index (κ1) is 16.0. The standard InChI is InChI=1S/C9H15N5O5S/c1-2-11-20(18,19)4-3-10-8(15)6-14-5-7(9(16)17)12-13-14/h5,11H,2-4,6H2,1H3,(H,10,15)(H,16,17). The van der Waals surface area contributed by atoms with Crippen LogP contribution in [0.3, 0.4) is 0 Å². The first-order chi connectivity index (χ1) is 9.34. The zero-order chi connectivity index (χ0) is 15.2. The summed E-state index contributed by atoms with van der Waals surface area (Å²) in [5, 5.41) is 17.8. The van der Waals surface area contributed by atoms with E-state index in [1.807, 2.05) is 0 Å². The molecule has 0 saturated carbocycles. The number of carbonyl (C=O) groups excluding carboxylic acids is 1. The molecule has 0 fully saturated rings. The van der Waals surface area contributed by atoms with Gasteiger partial charge < -0.3 is 10.4 Å². The Kier molecular flexibility index (Phi) is 5.58. The maximum absolute atomic E-state index is 11.5. The summed E-state index contributed by atoms with van der Waals surface area (Å²) in [7, 11) is -3.38. The topological polar surface area (TPSA) is 143 Å². The Morgan fingerprint density at radius 2 is 2.15 bits per heavy atom. The molecule has 1 amide bonds. The van der Waals surface area contributed by atoms with Gasteiger partial charge in [0.05, 0.1) is 11.9 Å². The van der Waals surface area contributed by atoms with Crippen molar-refractivity contribution in [1.29, 1.82) is 0 Å². The van der Waals surface area contributed by atoms with Crippen molar-refractivity contribution >= 4 is 21.9 Å². The third-order valence-corrected chi connectivity index (χ3v) is 3.59. The maximum atomic E-state index is 11.5. The van der Waals surface area contributed by atoms with E-state index in [1.165, 1.54) is 0 Å². The van der Waals surface area contributed by atoms with E-state index in [0.717, 1.165) is 10.9 Å². The molecule has 0 saturated heterocycles. The van der Waals surface area contributed by atoms with Gasteiger partial charge in [-0.2, -0.15) is 0 Å². The van der Waals surface area contributed by atoms with Crippen LogP contribution >= 0.6 is 0 Å². The highest BCUT2D eigenvalue weighted by atomic mass is 32.2. The number of aromatic carboxylic acids is 1. The Labute approximate surface area is 115 Å². The Balaban J connectivity index is 2.38. The van der Waals surface area contributed by atoms with Crippen molar-refractivity contribution in [3.05, 3.63) is 11.9 Å². The molecule has 1 aromatic rings. The number of carboxylic acids is 1. The average molecular weight is 305 g/mol. The number of rotatable bonds is 8. The number of amides is 1. The molecule has 0 aliphatic carbocycles. The van der Waals surface area contributed by atoms with E-state index in [1.54, 1.807) is 6.92 Å². The summed E-state index contributed by atoms with van der Waals surface area (Å²) in [6.07, 6.45) is 1.11. The van der Waals surface area contributed by atoms with Gasteiger partial charge in [0.2, 0.25) is 15.9 Å². The molecule has 0 spiro atoms. The summed E-state index contributed by atoms with van der Waals surface area (Å²) in [4.78, 5) is 22.0. The lowest BCUT2D eigenvalue weighted by Crippen LogP contribution is -2.35. The summed E-state index contributed by atoms with van der Waals surface area (Å²) in [6.45, 7) is 1.66. The van der Waals surface area contributed by atoms with Gasteiger partial charge in [0, 0.05) is 13.1 Å². The smallest absolute Gasteiger partial charge is 0.358 e. The molecule has 1 aromatic heterocycles. The van der Waals surface area contributed by atoms with Gasteiger partial charge >= 0.3 is 5.97 Å². The van der Waals surface area contributed by atoms with Crippen LogP contribution in [0.15, 0.2) is 6.20 Å². The molecule has 3 N–H and O–H groups in total. The van der Waals surface area contributed by atoms with Crippen LogP contribution < -0.4 is 10.0 Å². The fraction of sp³-hybridized carbons (Fsp3) is 0.556. The zero-order valence-corrected chi connectivity index (χ0v) is 11.6. The van der Waals surface area contributed by atoms with Gasteiger partial charge in [0.1, 0.15) is 6.54 Å². The van der Waals surface area contributed by atoms with E-state index in [0.29, 0.717) is 0 Å². The van der Waals surface area contributed by atoms with Crippen LogP contribution in [0.1, 0.15) is 17.4 Å². The third-order valence-electron chi connectivity index (χ3n) is 2.12. The van der Waals surface area contributed by atoms with E-state index >= 15 is 0 Å². The van der Waals surface area contributed by atoms with E-state index in [2.05, 4.69) is 20.4 Å². The SMILES string of the molecule is CCNS(=O)(=O)CCNC(=O)Cn1cc(C(=O)O)nn1. The van der Waals surface area contributed by atoms with Crippen LogP contribution in [0.4, 0.5) is 0 Å². The van der Waals surface area contributed by atoms with Crippen molar-refractivity contribution in [1.82, 2.24) is 25.0 Å². The summed E-state index contributed by atoms with van der Waals surface area (Å²) in [5.74, 6) is -1.96. The molecule has 0 bridgehead atoms. The normalized spacial score (nSPS) is 11.2. The van der Waals surface area contributed by atoms with Crippen LogP contribution in [0.25, 0.3) is 0 Å². The maximum Gasteiger partial charge on any atom is 0.358 e. The minimum absolute atomic E-state index is 0.0470. The summed E-state index contributed by atoms with van der Waals surface area (Å²) < 4.78 is 25.9. The number of carbonyl (C=O) groups is 2. The van der Waals surface area contributed by atoms with Crippen LogP contribution in [0.2, 0.25) is 0 Å². The zero-order valence-electron chi connectivity index (χ0n) is 10.7. The largest absolute Gasteiger partial charge is 0.476 e. The van der Waals surface area contributed by atoms with Crippen LogP contribution in [0, 0.1) is 0 Å². The van der Waals surface area contributed by atoms with Crippen molar-refractivity contribution in [2.75, 3.05) is 18.8 Å². The summed E-state index contributed by atoms with van der Waals surface area (Å²) >= 11 is 0. The molecule has 11 heteroatoms. The fourth-order valence-electron chi connectivity index (χ4n) is 1.29. The Bertz CT molecular complexity index is 581. The van der Waals surface area contributed by atoms with Crippen molar-refractivity contribution in [2.24, 2.45) is 0 Å². The number of carboxylic acid groups (broad SMARTS) is 1. The lowest BCUT2D eigenvalue weighted by Gasteiger charge is -2.06. The number of aromatic nitrogens is 3.